The number of halogens is 2. The molecule has 106 valence electrons. The van der Waals surface area contributed by atoms with Gasteiger partial charge in [-0.1, -0.05) is 39.7 Å². The number of ether oxygens (including phenoxy) is 1. The first kappa shape index (κ1) is 15.4. The SMILES string of the molecule is COc1ccc(CCC(O)c2cc(Cl)ccc2Br)cc1. The van der Waals surface area contributed by atoms with Crippen LogP contribution in [0.3, 0.4) is 0 Å². The van der Waals surface area contributed by atoms with Crippen LogP contribution in [-0.4, -0.2) is 12.2 Å². The van der Waals surface area contributed by atoms with Crippen LogP contribution in [0.25, 0.3) is 0 Å². The molecule has 0 saturated carbocycles. The van der Waals surface area contributed by atoms with E-state index < -0.39 is 6.10 Å². The van der Waals surface area contributed by atoms with E-state index in [9.17, 15) is 5.11 Å². The van der Waals surface area contributed by atoms with Gasteiger partial charge in [-0.3, -0.25) is 0 Å². The molecule has 1 unspecified atom stereocenters. The van der Waals surface area contributed by atoms with Gasteiger partial charge >= 0.3 is 0 Å². The van der Waals surface area contributed by atoms with Crippen molar-refractivity contribution in [1.29, 1.82) is 0 Å². The van der Waals surface area contributed by atoms with Crippen LogP contribution in [0.15, 0.2) is 46.9 Å². The third-order valence-corrected chi connectivity index (χ3v) is 4.14. The molecule has 0 aliphatic heterocycles. The fourth-order valence-electron chi connectivity index (χ4n) is 2.02. The van der Waals surface area contributed by atoms with E-state index in [1.54, 1.807) is 19.2 Å². The summed E-state index contributed by atoms with van der Waals surface area (Å²) in [6, 6.07) is 13.3. The first-order chi connectivity index (χ1) is 9.60. The van der Waals surface area contributed by atoms with E-state index in [1.165, 1.54) is 5.56 Å². The topological polar surface area (TPSA) is 29.5 Å². The zero-order valence-electron chi connectivity index (χ0n) is 11.1. The quantitative estimate of drug-likeness (QED) is 0.836. The van der Waals surface area contributed by atoms with Crippen molar-refractivity contribution in [3.63, 3.8) is 0 Å². The number of aryl methyl sites for hydroxylation is 1. The largest absolute Gasteiger partial charge is 0.497 e. The number of methoxy groups -OCH3 is 1. The van der Waals surface area contributed by atoms with Gasteiger partial charge in [-0.2, -0.15) is 0 Å². The Morgan fingerprint density at radius 1 is 1.20 bits per heavy atom. The van der Waals surface area contributed by atoms with Crippen LogP contribution in [0.4, 0.5) is 0 Å². The lowest BCUT2D eigenvalue weighted by Gasteiger charge is -2.13. The monoisotopic (exact) mass is 354 g/mol. The second kappa shape index (κ2) is 7.11. The van der Waals surface area contributed by atoms with Crippen LogP contribution in [0.2, 0.25) is 5.02 Å². The Morgan fingerprint density at radius 2 is 1.90 bits per heavy atom. The van der Waals surface area contributed by atoms with Gasteiger partial charge in [0, 0.05) is 9.50 Å². The van der Waals surface area contributed by atoms with E-state index in [0.29, 0.717) is 11.4 Å². The molecule has 20 heavy (non-hydrogen) atoms. The Kier molecular flexibility index (Phi) is 5.46. The lowest BCUT2D eigenvalue weighted by atomic mass is 10.0. The first-order valence-electron chi connectivity index (χ1n) is 6.36. The number of hydrogen-bond donors (Lipinski definition) is 1. The maximum Gasteiger partial charge on any atom is 0.118 e. The number of aliphatic hydroxyl groups is 1. The molecule has 1 atom stereocenters. The van der Waals surface area contributed by atoms with Gasteiger partial charge in [0.15, 0.2) is 0 Å². The van der Waals surface area contributed by atoms with Crippen molar-refractivity contribution < 1.29 is 9.84 Å². The number of aliphatic hydroxyl groups excluding tert-OH is 1. The van der Waals surface area contributed by atoms with Crippen molar-refractivity contribution in [2.45, 2.75) is 18.9 Å². The lowest BCUT2D eigenvalue weighted by molar-refractivity contribution is 0.167. The third kappa shape index (κ3) is 3.98. The summed E-state index contributed by atoms with van der Waals surface area (Å²) in [5.41, 5.74) is 1.99. The van der Waals surface area contributed by atoms with Crippen molar-refractivity contribution in [2.24, 2.45) is 0 Å². The molecule has 0 radical (unpaired) electrons. The minimum absolute atomic E-state index is 0.537. The molecule has 0 spiro atoms. The first-order valence-corrected chi connectivity index (χ1v) is 7.53. The molecule has 4 heteroatoms. The average molecular weight is 356 g/mol. The molecule has 1 N–H and O–H groups in total. The fourth-order valence-corrected chi connectivity index (χ4v) is 2.71. The van der Waals surface area contributed by atoms with Crippen molar-refractivity contribution in [3.8, 4) is 5.75 Å². The summed E-state index contributed by atoms with van der Waals surface area (Å²) in [6.45, 7) is 0. The van der Waals surface area contributed by atoms with Gasteiger partial charge in [-0.05, 0) is 54.3 Å². The molecule has 0 aromatic heterocycles. The van der Waals surface area contributed by atoms with E-state index in [2.05, 4.69) is 15.9 Å². The normalized spacial score (nSPS) is 12.2. The molecule has 0 heterocycles. The van der Waals surface area contributed by atoms with Crippen LogP contribution in [-0.2, 0) is 6.42 Å². The second-order valence-corrected chi connectivity index (χ2v) is 5.86. The van der Waals surface area contributed by atoms with Gasteiger partial charge in [-0.25, -0.2) is 0 Å². The Morgan fingerprint density at radius 3 is 2.55 bits per heavy atom. The zero-order chi connectivity index (χ0) is 14.5. The van der Waals surface area contributed by atoms with Crippen LogP contribution in [0.5, 0.6) is 5.75 Å². The van der Waals surface area contributed by atoms with E-state index in [1.807, 2.05) is 30.3 Å². The van der Waals surface area contributed by atoms with Gasteiger partial charge in [0.05, 0.1) is 13.2 Å². The molecule has 2 aromatic rings. The van der Waals surface area contributed by atoms with Gasteiger partial charge in [-0.15, -0.1) is 0 Å². The molecule has 0 bridgehead atoms. The third-order valence-electron chi connectivity index (χ3n) is 3.18. The minimum Gasteiger partial charge on any atom is -0.497 e. The molecule has 0 saturated heterocycles. The summed E-state index contributed by atoms with van der Waals surface area (Å²) in [5, 5.41) is 10.9. The van der Waals surface area contributed by atoms with E-state index in [4.69, 9.17) is 16.3 Å². The summed E-state index contributed by atoms with van der Waals surface area (Å²) in [6.07, 6.45) is 0.903. The predicted octanol–water partition coefficient (Wildman–Crippen LogP) is 4.78. The van der Waals surface area contributed by atoms with Crippen molar-refractivity contribution in [2.75, 3.05) is 7.11 Å². The molecule has 2 nitrogen and oxygen atoms in total. The lowest BCUT2D eigenvalue weighted by Crippen LogP contribution is -2.01. The van der Waals surface area contributed by atoms with Crippen LogP contribution in [0.1, 0.15) is 23.7 Å². The van der Waals surface area contributed by atoms with E-state index in [-0.39, 0.29) is 0 Å². The van der Waals surface area contributed by atoms with Gasteiger partial charge in [0.25, 0.3) is 0 Å². The summed E-state index contributed by atoms with van der Waals surface area (Å²) < 4.78 is 6.00. The predicted molar refractivity (Wildman–Crippen MR) is 85.4 cm³/mol. The maximum absolute atomic E-state index is 10.3. The molecule has 0 aliphatic rings. The molecular weight excluding hydrogens is 340 g/mol. The molecule has 0 amide bonds. The van der Waals surface area contributed by atoms with Gasteiger partial charge < -0.3 is 9.84 Å². The Balaban J connectivity index is 2.00. The highest BCUT2D eigenvalue weighted by molar-refractivity contribution is 9.10. The minimum atomic E-state index is -0.537. The highest BCUT2D eigenvalue weighted by atomic mass is 79.9. The number of benzene rings is 2. The summed E-state index contributed by atoms with van der Waals surface area (Å²) >= 11 is 9.41. The average Bonchev–Trinajstić information content (AvgIpc) is 2.47. The maximum atomic E-state index is 10.3. The number of rotatable bonds is 5. The summed E-state index contributed by atoms with van der Waals surface area (Å²) in [4.78, 5) is 0. The molecule has 0 aliphatic carbocycles. The Hall–Kier alpha value is -1.03. The van der Waals surface area contributed by atoms with Crippen LogP contribution < -0.4 is 4.74 Å². The van der Waals surface area contributed by atoms with E-state index in [0.717, 1.165) is 22.2 Å². The number of hydrogen-bond acceptors (Lipinski definition) is 2. The highest BCUT2D eigenvalue weighted by Crippen LogP contribution is 2.29. The molecular formula is C16H16BrClO2. The Labute approximate surface area is 132 Å². The van der Waals surface area contributed by atoms with Crippen molar-refractivity contribution in [3.05, 3.63) is 63.1 Å². The molecule has 0 fully saturated rings. The van der Waals surface area contributed by atoms with Crippen molar-refractivity contribution in [1.82, 2.24) is 0 Å². The van der Waals surface area contributed by atoms with Gasteiger partial charge in [0.2, 0.25) is 0 Å². The fraction of sp³-hybridized carbons (Fsp3) is 0.250. The summed E-state index contributed by atoms with van der Waals surface area (Å²) in [7, 11) is 1.65. The van der Waals surface area contributed by atoms with Gasteiger partial charge in [0.1, 0.15) is 5.75 Å². The van der Waals surface area contributed by atoms with Crippen molar-refractivity contribution >= 4 is 27.5 Å². The Bertz CT molecular complexity index is 569. The standard InChI is InChI=1S/C16H16BrClO2/c1-20-13-6-2-11(3-7-13)4-9-16(19)14-10-12(18)5-8-15(14)17/h2-3,5-8,10,16,19H,4,9H2,1H3. The van der Waals surface area contributed by atoms with E-state index >= 15 is 0 Å². The van der Waals surface area contributed by atoms with Crippen LogP contribution in [0, 0.1) is 0 Å². The highest BCUT2D eigenvalue weighted by Gasteiger charge is 2.12. The van der Waals surface area contributed by atoms with Crippen LogP contribution >= 0.6 is 27.5 Å². The smallest absolute Gasteiger partial charge is 0.118 e. The molecule has 2 aromatic carbocycles. The molecule has 2 rings (SSSR count). The second-order valence-electron chi connectivity index (χ2n) is 4.57. The summed E-state index contributed by atoms with van der Waals surface area (Å²) in [5.74, 6) is 0.840. The zero-order valence-corrected chi connectivity index (χ0v) is 13.5.